The maximum Gasteiger partial charge on any atom is 0.254 e. The number of likely N-dealkylation sites (N-methyl/N-ethyl adjacent to an activating group) is 1. The molecule has 0 saturated heterocycles. The molecule has 19 heavy (non-hydrogen) atoms. The largest absolute Gasteiger partial charge is 0.497 e. The lowest BCUT2D eigenvalue weighted by Gasteiger charge is -2.35. The normalized spacial score (nSPS) is 22.9. The number of nitrogens with zero attached hydrogens (tertiary/aromatic N) is 1. The molecule has 0 aliphatic heterocycles. The molecule has 1 aromatic rings. The SMILES string of the molecule is COc1cccc(C(=O)N(C)[C@@H]2CCCC[C@H]2O)c1. The second kappa shape index (κ2) is 6.06. The predicted octanol–water partition coefficient (Wildman–Crippen LogP) is 2.07. The van der Waals surface area contributed by atoms with E-state index in [-0.39, 0.29) is 11.9 Å². The fraction of sp³-hybridized carbons (Fsp3) is 0.533. The lowest BCUT2D eigenvalue weighted by Crippen LogP contribution is -2.46. The minimum atomic E-state index is -0.409. The average Bonchev–Trinajstić information content (AvgIpc) is 2.46. The first-order chi connectivity index (χ1) is 9.13. The van der Waals surface area contributed by atoms with Gasteiger partial charge in [-0.2, -0.15) is 0 Å². The Kier molecular flexibility index (Phi) is 4.43. The highest BCUT2D eigenvalue weighted by Crippen LogP contribution is 2.24. The van der Waals surface area contributed by atoms with Gasteiger partial charge in [-0.1, -0.05) is 18.9 Å². The maximum atomic E-state index is 12.4. The quantitative estimate of drug-likeness (QED) is 0.908. The average molecular weight is 263 g/mol. The number of ether oxygens (including phenoxy) is 1. The van der Waals surface area contributed by atoms with E-state index in [0.717, 1.165) is 25.7 Å². The van der Waals surface area contributed by atoms with Gasteiger partial charge in [-0.25, -0.2) is 0 Å². The van der Waals surface area contributed by atoms with Crippen molar-refractivity contribution in [2.45, 2.75) is 37.8 Å². The molecule has 1 aliphatic rings. The molecule has 1 amide bonds. The van der Waals surface area contributed by atoms with Crippen LogP contribution in [0.3, 0.4) is 0 Å². The van der Waals surface area contributed by atoms with Crippen molar-refractivity contribution in [1.29, 1.82) is 0 Å². The molecule has 104 valence electrons. The molecule has 1 aromatic carbocycles. The van der Waals surface area contributed by atoms with Crippen LogP contribution in [0.2, 0.25) is 0 Å². The first kappa shape index (κ1) is 13.9. The van der Waals surface area contributed by atoms with E-state index in [1.54, 1.807) is 37.3 Å². The lowest BCUT2D eigenvalue weighted by molar-refractivity contribution is 0.0268. The Balaban J connectivity index is 2.13. The fourth-order valence-electron chi connectivity index (χ4n) is 2.65. The third-order valence-electron chi connectivity index (χ3n) is 3.83. The van der Waals surface area contributed by atoms with Gasteiger partial charge in [-0.05, 0) is 31.0 Å². The summed E-state index contributed by atoms with van der Waals surface area (Å²) in [6.45, 7) is 0. The highest BCUT2D eigenvalue weighted by molar-refractivity contribution is 5.94. The van der Waals surface area contributed by atoms with E-state index >= 15 is 0 Å². The third kappa shape index (κ3) is 3.07. The van der Waals surface area contributed by atoms with E-state index in [1.165, 1.54) is 0 Å². The van der Waals surface area contributed by atoms with Crippen molar-refractivity contribution >= 4 is 5.91 Å². The van der Waals surface area contributed by atoms with Crippen LogP contribution in [0.1, 0.15) is 36.0 Å². The lowest BCUT2D eigenvalue weighted by atomic mass is 9.91. The number of aliphatic hydroxyl groups excluding tert-OH is 1. The molecule has 1 saturated carbocycles. The zero-order valence-electron chi connectivity index (χ0n) is 11.5. The molecule has 4 nitrogen and oxygen atoms in total. The zero-order valence-corrected chi connectivity index (χ0v) is 11.5. The fourth-order valence-corrected chi connectivity index (χ4v) is 2.65. The monoisotopic (exact) mass is 263 g/mol. The maximum absolute atomic E-state index is 12.4. The minimum Gasteiger partial charge on any atom is -0.497 e. The van der Waals surface area contributed by atoms with Gasteiger partial charge in [0.15, 0.2) is 0 Å². The van der Waals surface area contributed by atoms with Crippen LogP contribution in [-0.2, 0) is 0 Å². The first-order valence-electron chi connectivity index (χ1n) is 6.72. The zero-order chi connectivity index (χ0) is 13.8. The number of carbonyl (C=O) groups excluding carboxylic acids is 1. The minimum absolute atomic E-state index is 0.0650. The van der Waals surface area contributed by atoms with E-state index in [4.69, 9.17) is 4.74 Å². The summed E-state index contributed by atoms with van der Waals surface area (Å²) < 4.78 is 5.13. The molecular formula is C15H21NO3. The molecule has 2 rings (SSSR count). The van der Waals surface area contributed by atoms with Gasteiger partial charge in [-0.15, -0.1) is 0 Å². The summed E-state index contributed by atoms with van der Waals surface area (Å²) in [5, 5.41) is 10.0. The molecule has 1 fully saturated rings. The second-order valence-corrected chi connectivity index (χ2v) is 5.07. The van der Waals surface area contributed by atoms with Crippen molar-refractivity contribution in [3.8, 4) is 5.75 Å². The van der Waals surface area contributed by atoms with Crippen molar-refractivity contribution < 1.29 is 14.6 Å². The first-order valence-corrected chi connectivity index (χ1v) is 6.72. The molecule has 1 N–H and O–H groups in total. The molecule has 0 aromatic heterocycles. The Morgan fingerprint density at radius 3 is 2.79 bits per heavy atom. The number of benzene rings is 1. The molecule has 1 aliphatic carbocycles. The van der Waals surface area contributed by atoms with Crippen LogP contribution in [0.5, 0.6) is 5.75 Å². The number of hydrogen-bond donors (Lipinski definition) is 1. The summed E-state index contributed by atoms with van der Waals surface area (Å²) >= 11 is 0. The number of methoxy groups -OCH3 is 1. The number of amides is 1. The van der Waals surface area contributed by atoms with Crippen LogP contribution in [0, 0.1) is 0 Å². The van der Waals surface area contributed by atoms with Crippen molar-refractivity contribution in [2.24, 2.45) is 0 Å². The summed E-state index contributed by atoms with van der Waals surface area (Å²) in [5.74, 6) is 0.605. The molecule has 0 spiro atoms. The summed E-state index contributed by atoms with van der Waals surface area (Å²) in [6.07, 6.45) is 3.35. The van der Waals surface area contributed by atoms with Crippen LogP contribution >= 0.6 is 0 Å². The van der Waals surface area contributed by atoms with Gasteiger partial charge in [0.1, 0.15) is 5.75 Å². The number of rotatable bonds is 3. The van der Waals surface area contributed by atoms with E-state index < -0.39 is 6.10 Å². The van der Waals surface area contributed by atoms with Gasteiger partial charge in [0.05, 0.1) is 19.3 Å². The van der Waals surface area contributed by atoms with Crippen molar-refractivity contribution in [2.75, 3.05) is 14.2 Å². The van der Waals surface area contributed by atoms with Crippen LogP contribution in [0.4, 0.5) is 0 Å². The molecule has 0 heterocycles. The molecule has 0 unspecified atom stereocenters. The smallest absolute Gasteiger partial charge is 0.254 e. The molecule has 0 radical (unpaired) electrons. The van der Waals surface area contributed by atoms with E-state index in [1.807, 2.05) is 6.07 Å². The van der Waals surface area contributed by atoms with Crippen molar-refractivity contribution in [3.63, 3.8) is 0 Å². The Labute approximate surface area is 114 Å². The van der Waals surface area contributed by atoms with Crippen LogP contribution in [0.15, 0.2) is 24.3 Å². The Hall–Kier alpha value is -1.55. The second-order valence-electron chi connectivity index (χ2n) is 5.07. The van der Waals surface area contributed by atoms with Gasteiger partial charge in [0, 0.05) is 12.6 Å². The van der Waals surface area contributed by atoms with E-state index in [0.29, 0.717) is 11.3 Å². The number of aliphatic hydroxyl groups is 1. The highest BCUT2D eigenvalue weighted by atomic mass is 16.5. The summed E-state index contributed by atoms with van der Waals surface area (Å²) in [4.78, 5) is 14.1. The van der Waals surface area contributed by atoms with Crippen molar-refractivity contribution in [1.82, 2.24) is 4.90 Å². The number of carbonyl (C=O) groups is 1. The van der Waals surface area contributed by atoms with Gasteiger partial charge >= 0.3 is 0 Å². The molecular weight excluding hydrogens is 242 g/mol. The highest BCUT2D eigenvalue weighted by Gasteiger charge is 2.29. The Bertz CT molecular complexity index is 447. The van der Waals surface area contributed by atoms with Gasteiger partial charge in [0.2, 0.25) is 0 Å². The van der Waals surface area contributed by atoms with E-state index in [9.17, 15) is 9.90 Å². The van der Waals surface area contributed by atoms with Gasteiger partial charge in [0.25, 0.3) is 5.91 Å². The van der Waals surface area contributed by atoms with Gasteiger partial charge in [-0.3, -0.25) is 4.79 Å². The standard InChI is InChI=1S/C15H21NO3/c1-16(13-8-3-4-9-14(13)17)15(18)11-6-5-7-12(10-11)19-2/h5-7,10,13-14,17H,3-4,8-9H2,1-2H3/t13-,14-/m1/s1. The predicted molar refractivity (Wildman–Crippen MR) is 73.4 cm³/mol. The Morgan fingerprint density at radius 1 is 1.37 bits per heavy atom. The van der Waals surface area contributed by atoms with Crippen LogP contribution in [-0.4, -0.2) is 42.2 Å². The van der Waals surface area contributed by atoms with Gasteiger partial charge < -0.3 is 14.7 Å². The Morgan fingerprint density at radius 2 is 2.11 bits per heavy atom. The molecule has 4 heteroatoms. The van der Waals surface area contributed by atoms with Crippen molar-refractivity contribution in [3.05, 3.63) is 29.8 Å². The van der Waals surface area contributed by atoms with E-state index in [2.05, 4.69) is 0 Å². The molecule has 0 bridgehead atoms. The third-order valence-corrected chi connectivity index (χ3v) is 3.83. The molecule has 2 atom stereocenters. The van der Waals surface area contributed by atoms with Crippen LogP contribution < -0.4 is 4.74 Å². The summed E-state index contributed by atoms with van der Waals surface area (Å²) in [7, 11) is 3.35. The number of hydrogen-bond acceptors (Lipinski definition) is 3. The topological polar surface area (TPSA) is 49.8 Å². The van der Waals surface area contributed by atoms with Crippen LogP contribution in [0.25, 0.3) is 0 Å². The summed E-state index contributed by atoms with van der Waals surface area (Å²) in [5.41, 5.74) is 0.597. The summed E-state index contributed by atoms with van der Waals surface area (Å²) in [6, 6.07) is 7.04.